The van der Waals surface area contributed by atoms with E-state index in [1.54, 1.807) is 0 Å². The molecule has 548 valence electrons. The van der Waals surface area contributed by atoms with Gasteiger partial charge in [-0.2, -0.15) is 0 Å². The number of aliphatic hydroxyl groups excluding tert-OH is 2. The summed E-state index contributed by atoms with van der Waals surface area (Å²) in [7, 11) is -9.83. The van der Waals surface area contributed by atoms with Crippen molar-refractivity contribution in [2.75, 3.05) is 39.6 Å². The number of unbranched alkanes of at least 4 members (excludes halogenated alkanes) is 13. The molecule has 0 aromatic carbocycles. The maximum Gasteiger partial charge on any atom is 0.472 e. The SMILES string of the molecule is CC/C=C\C/C=C\C/C=C\C/C=C\C/C=C\CCCCCCCCCC(=O)OCC(O)COP(=O)(O)OCC(O)COP(=O)(O)OCC(COC(=O)CCCCCCC/C=C\C/C=C\C/C=C\C/C=C\C/C=C\CC)OC(=O)CCC/C=C\C/C=C\C/C=C\C/C=C\C/C=C\CC. The van der Waals surface area contributed by atoms with Crippen LogP contribution in [0.2, 0.25) is 0 Å². The summed E-state index contributed by atoms with van der Waals surface area (Å²) >= 11 is 0. The molecule has 5 unspecified atom stereocenters. The van der Waals surface area contributed by atoms with Gasteiger partial charge in [0.2, 0.25) is 0 Å². The number of allylic oxidation sites excluding steroid dienone is 30. The van der Waals surface area contributed by atoms with Crippen molar-refractivity contribution in [1.82, 2.24) is 0 Å². The van der Waals surface area contributed by atoms with Gasteiger partial charge in [-0.25, -0.2) is 9.13 Å². The Kier molecular flexibility index (Phi) is 66.6. The van der Waals surface area contributed by atoms with E-state index in [0.717, 1.165) is 173 Å². The van der Waals surface area contributed by atoms with Gasteiger partial charge >= 0.3 is 33.6 Å². The molecule has 0 fully saturated rings. The Morgan fingerprint density at radius 2 is 0.526 bits per heavy atom. The van der Waals surface area contributed by atoms with E-state index < -0.39 is 91.5 Å². The second kappa shape index (κ2) is 70.5. The van der Waals surface area contributed by atoms with Crippen molar-refractivity contribution in [2.45, 2.75) is 257 Å². The van der Waals surface area contributed by atoms with Crippen LogP contribution in [0.15, 0.2) is 182 Å². The molecule has 0 aromatic rings. The van der Waals surface area contributed by atoms with Crippen LogP contribution in [-0.2, 0) is 55.8 Å². The average Bonchev–Trinajstić information content (AvgIpc) is 3.63. The molecule has 0 saturated heterocycles. The quantitative estimate of drug-likeness (QED) is 0.0146. The van der Waals surface area contributed by atoms with Crippen LogP contribution in [0.3, 0.4) is 0 Å². The average molecular weight is 1390 g/mol. The number of esters is 3. The largest absolute Gasteiger partial charge is 0.472 e. The van der Waals surface area contributed by atoms with Crippen molar-refractivity contribution in [2.24, 2.45) is 0 Å². The summed E-state index contributed by atoms with van der Waals surface area (Å²) in [5.74, 6) is -1.69. The van der Waals surface area contributed by atoms with Gasteiger partial charge in [-0.3, -0.25) is 32.5 Å². The van der Waals surface area contributed by atoms with E-state index in [2.05, 4.69) is 191 Å². The number of carbonyl (C=O) groups is 3. The molecule has 0 aliphatic heterocycles. The number of hydrogen-bond donors (Lipinski definition) is 4. The highest BCUT2D eigenvalue weighted by Gasteiger charge is 2.29. The van der Waals surface area contributed by atoms with Crippen LogP contribution in [0, 0.1) is 0 Å². The van der Waals surface area contributed by atoms with Gasteiger partial charge in [-0.15, -0.1) is 0 Å². The zero-order chi connectivity index (χ0) is 70.9. The van der Waals surface area contributed by atoms with Gasteiger partial charge in [0.15, 0.2) is 6.10 Å². The van der Waals surface area contributed by atoms with E-state index in [1.807, 2.05) is 12.2 Å². The second-order valence-corrected chi connectivity index (χ2v) is 26.1. The first-order valence-electron chi connectivity index (χ1n) is 36.1. The first kappa shape index (κ1) is 91.6. The van der Waals surface area contributed by atoms with Crippen LogP contribution in [0.1, 0.15) is 239 Å². The number of phosphoric ester groups is 2. The molecule has 0 aliphatic rings. The molecular formula is C79H126O16P2. The minimum atomic E-state index is -4.96. The number of carbonyl (C=O) groups excluding carboxylic acids is 3. The summed E-state index contributed by atoms with van der Waals surface area (Å²) in [5, 5.41) is 20.6. The van der Waals surface area contributed by atoms with Gasteiger partial charge in [0, 0.05) is 19.3 Å². The lowest BCUT2D eigenvalue weighted by Gasteiger charge is -2.21. The Labute approximate surface area is 585 Å². The van der Waals surface area contributed by atoms with Crippen molar-refractivity contribution in [3.63, 3.8) is 0 Å². The maximum absolute atomic E-state index is 12.9. The fraction of sp³-hybridized carbons (Fsp3) is 0.582. The van der Waals surface area contributed by atoms with Crippen molar-refractivity contribution < 1.29 is 75.8 Å². The minimum absolute atomic E-state index is 0.0136. The molecule has 0 spiro atoms. The predicted octanol–water partition coefficient (Wildman–Crippen LogP) is 20.6. The van der Waals surface area contributed by atoms with Crippen LogP contribution in [-0.4, -0.2) is 95.9 Å². The monoisotopic (exact) mass is 1390 g/mol. The molecule has 4 N–H and O–H groups in total. The highest BCUT2D eigenvalue weighted by Crippen LogP contribution is 2.45. The van der Waals surface area contributed by atoms with Crippen LogP contribution in [0.25, 0.3) is 0 Å². The Morgan fingerprint density at radius 3 is 0.845 bits per heavy atom. The van der Waals surface area contributed by atoms with Crippen LogP contribution in [0.4, 0.5) is 0 Å². The normalized spacial score (nSPS) is 15.2. The van der Waals surface area contributed by atoms with Crippen LogP contribution >= 0.6 is 15.6 Å². The van der Waals surface area contributed by atoms with Crippen molar-refractivity contribution in [3.8, 4) is 0 Å². The van der Waals surface area contributed by atoms with E-state index in [4.69, 9.17) is 32.3 Å². The predicted molar refractivity (Wildman–Crippen MR) is 398 cm³/mol. The third-order valence-corrected chi connectivity index (χ3v) is 16.0. The molecule has 0 saturated carbocycles. The topological polar surface area (TPSA) is 231 Å². The number of hydrogen-bond acceptors (Lipinski definition) is 14. The Hall–Kier alpha value is -5.35. The van der Waals surface area contributed by atoms with Gasteiger partial charge < -0.3 is 34.2 Å². The van der Waals surface area contributed by atoms with Crippen molar-refractivity contribution >= 4 is 33.6 Å². The van der Waals surface area contributed by atoms with Gasteiger partial charge in [0.25, 0.3) is 0 Å². The third-order valence-electron chi connectivity index (χ3n) is 14.1. The van der Waals surface area contributed by atoms with E-state index in [1.165, 1.54) is 0 Å². The van der Waals surface area contributed by atoms with Crippen LogP contribution in [0.5, 0.6) is 0 Å². The van der Waals surface area contributed by atoms with E-state index in [9.17, 15) is 43.5 Å². The van der Waals surface area contributed by atoms with Gasteiger partial charge in [-0.05, 0) is 148 Å². The lowest BCUT2D eigenvalue weighted by molar-refractivity contribution is -0.161. The van der Waals surface area contributed by atoms with Crippen LogP contribution < -0.4 is 0 Å². The fourth-order valence-corrected chi connectivity index (χ4v) is 10.3. The summed E-state index contributed by atoms with van der Waals surface area (Å²) in [5.41, 5.74) is 0. The van der Waals surface area contributed by atoms with Gasteiger partial charge in [0.1, 0.15) is 25.4 Å². The molecule has 0 aliphatic carbocycles. The molecule has 5 atom stereocenters. The molecule has 16 nitrogen and oxygen atoms in total. The fourth-order valence-electron chi connectivity index (χ4n) is 8.72. The molecular weight excluding hydrogens is 1270 g/mol. The molecule has 97 heavy (non-hydrogen) atoms. The Balaban J connectivity index is 4.76. The number of ether oxygens (including phenoxy) is 3. The first-order valence-corrected chi connectivity index (χ1v) is 39.1. The van der Waals surface area contributed by atoms with E-state index in [-0.39, 0.29) is 19.3 Å². The van der Waals surface area contributed by atoms with Crippen molar-refractivity contribution in [1.29, 1.82) is 0 Å². The van der Waals surface area contributed by atoms with E-state index >= 15 is 0 Å². The second-order valence-electron chi connectivity index (χ2n) is 23.2. The summed E-state index contributed by atoms with van der Waals surface area (Å²) in [6, 6.07) is 0. The summed E-state index contributed by atoms with van der Waals surface area (Å²) < 4.78 is 60.9. The lowest BCUT2D eigenvalue weighted by Crippen LogP contribution is -2.30. The third kappa shape index (κ3) is 71.7. The van der Waals surface area contributed by atoms with Gasteiger partial charge in [-0.1, -0.05) is 254 Å². The van der Waals surface area contributed by atoms with E-state index in [0.29, 0.717) is 25.7 Å². The number of rotatable bonds is 66. The number of phosphoric acid groups is 2. The first-order chi connectivity index (χ1) is 47.2. The molecule has 0 amide bonds. The molecule has 0 heterocycles. The maximum atomic E-state index is 12.9. The summed E-state index contributed by atoms with van der Waals surface area (Å²) in [4.78, 5) is 58.5. The zero-order valence-electron chi connectivity index (χ0n) is 59.4. The molecule has 0 rings (SSSR count). The molecule has 0 bridgehead atoms. The summed E-state index contributed by atoms with van der Waals surface area (Å²) in [6.07, 6.45) is 89.4. The molecule has 0 radical (unpaired) electrons. The summed E-state index contributed by atoms with van der Waals surface area (Å²) in [6.45, 7) is 2.19. The van der Waals surface area contributed by atoms with Crippen molar-refractivity contribution in [3.05, 3.63) is 182 Å². The number of aliphatic hydroxyl groups is 2. The zero-order valence-corrected chi connectivity index (χ0v) is 61.2. The Bertz CT molecular complexity index is 2490. The highest BCUT2D eigenvalue weighted by molar-refractivity contribution is 7.47. The highest BCUT2D eigenvalue weighted by atomic mass is 31.2. The molecule has 0 aromatic heterocycles. The molecule has 18 heteroatoms. The minimum Gasteiger partial charge on any atom is -0.463 e. The smallest absolute Gasteiger partial charge is 0.463 e. The van der Waals surface area contributed by atoms with Gasteiger partial charge in [0.05, 0.1) is 26.4 Å². The lowest BCUT2D eigenvalue weighted by atomic mass is 10.1. The Morgan fingerprint density at radius 1 is 0.289 bits per heavy atom. The standard InChI is InChI=1S/C79H126O16P2/c1-4-7-10-13-16-19-22-25-28-31-33-35-36-38-40-42-44-47-50-53-56-59-62-65-77(82)89-68-74(80)69-91-96(85,86)92-70-75(81)71-93-97(87,88)94-73-76(95-79(84)67-64-61-58-55-52-49-46-41-30-27-24-21-18-15-12-9-6-3)72-90-78(83)66-63-60-57-54-51-48-45-43-39-37-34-32-29-26-23-20-17-14-11-8-5-2/h7-12,16-21,25-30,33-35,37-38,40,43,45-46,49,55,58,74-76,80-81H,4-6,13-15,22-24,31-32,36,39,41-42,44,47-48,50-54,56-57,59-73H2,1-3H3,(H,85,86)(H,87,88)/b10-7-,11-8-,12-9-,19-16-,20-17-,21-18-,28-25-,29-26-,30-27-,35-33-,37-34-,40-38-,45-43-,49-46-,58-55-.